The number of primary amides is 1. The number of methoxy groups -OCH3 is 1. The van der Waals surface area contributed by atoms with Gasteiger partial charge in [-0.05, 0) is 88.8 Å². The van der Waals surface area contributed by atoms with Gasteiger partial charge in [-0.15, -0.1) is 0 Å². The van der Waals surface area contributed by atoms with Gasteiger partial charge < -0.3 is 41.0 Å². The van der Waals surface area contributed by atoms with E-state index in [-0.39, 0.29) is 53.5 Å². The molecule has 48 heavy (non-hydrogen) atoms. The van der Waals surface area contributed by atoms with Gasteiger partial charge in [0.15, 0.2) is 0 Å². The highest BCUT2D eigenvalue weighted by Gasteiger charge is 2.33. The molecule has 0 aliphatic carbocycles. The average Bonchev–Trinajstić information content (AvgIpc) is 2.99. The molecule has 274 valence electrons. The molecular weight excluding hydrogens is 616 g/mol. The monoisotopic (exact) mass is 678 g/mol. The van der Waals surface area contributed by atoms with Crippen LogP contribution in [0.5, 0.6) is 5.75 Å². The number of benzene rings is 1. The van der Waals surface area contributed by atoms with Gasteiger partial charge in [0.2, 0.25) is 11.8 Å². The van der Waals surface area contributed by atoms with Crippen LogP contribution in [0.25, 0.3) is 0 Å². The lowest BCUT2D eigenvalue weighted by Gasteiger charge is -2.33. The minimum Gasteiger partial charge on any atom is -0.493 e. The standard InChI is InChI=1S/C36H62N4O8/c1-10-11-16-38-34(44)28(24(4)5)21-30(41)29(40-35(45)48-36(6,7)8)19-26(23(2)3)22-39-33(43)27-15-14-25(32(37)42)20-31(27)47-18-13-12-17-46-9/h14-15,20,23-24,26,28-30,41H,10-13,16-19,21-22H2,1-9H3,(H2,37,42)(H,38,44)(H,39,43)(H,40,45)/t26-,28+,29+,30+/m1/s1. The minimum atomic E-state index is -1.06. The molecule has 0 saturated carbocycles. The number of hydrogen-bond donors (Lipinski definition) is 5. The number of unbranched alkanes of at least 4 members (excludes halogenated alkanes) is 2. The van der Waals surface area contributed by atoms with Crippen molar-refractivity contribution in [3.63, 3.8) is 0 Å². The third-order valence-corrected chi connectivity index (χ3v) is 8.17. The molecule has 4 amide bonds. The fraction of sp³-hybridized carbons (Fsp3) is 0.722. The Labute approximate surface area is 287 Å². The molecule has 0 bridgehead atoms. The van der Waals surface area contributed by atoms with Crippen molar-refractivity contribution >= 4 is 23.8 Å². The van der Waals surface area contributed by atoms with Gasteiger partial charge >= 0.3 is 6.09 Å². The Morgan fingerprint density at radius 3 is 2.17 bits per heavy atom. The highest BCUT2D eigenvalue weighted by molar-refractivity contribution is 5.99. The molecule has 0 spiro atoms. The molecule has 0 fully saturated rings. The van der Waals surface area contributed by atoms with Crippen LogP contribution >= 0.6 is 0 Å². The zero-order valence-electron chi connectivity index (χ0n) is 30.6. The predicted molar refractivity (Wildman–Crippen MR) is 187 cm³/mol. The predicted octanol–water partition coefficient (Wildman–Crippen LogP) is 4.82. The van der Waals surface area contributed by atoms with Crippen LogP contribution in [0.3, 0.4) is 0 Å². The molecule has 0 aliphatic heterocycles. The molecule has 6 N–H and O–H groups in total. The number of nitrogens with one attached hydrogen (secondary N) is 3. The quantitative estimate of drug-likeness (QED) is 0.108. The maximum atomic E-state index is 13.5. The van der Waals surface area contributed by atoms with Gasteiger partial charge in [-0.3, -0.25) is 14.4 Å². The molecule has 0 aromatic heterocycles. The van der Waals surface area contributed by atoms with Crippen molar-refractivity contribution < 1.29 is 38.5 Å². The Morgan fingerprint density at radius 2 is 1.60 bits per heavy atom. The van der Waals surface area contributed by atoms with Crippen molar-refractivity contribution in [2.45, 2.75) is 112 Å². The smallest absolute Gasteiger partial charge is 0.407 e. The van der Waals surface area contributed by atoms with E-state index in [1.807, 2.05) is 27.7 Å². The van der Waals surface area contributed by atoms with Gasteiger partial charge in [-0.2, -0.15) is 0 Å². The van der Waals surface area contributed by atoms with Gasteiger partial charge in [0.05, 0.1) is 24.3 Å². The molecular formula is C36H62N4O8. The Hall–Kier alpha value is -3.38. The molecule has 1 aromatic rings. The second-order valence-corrected chi connectivity index (χ2v) is 14.1. The number of aliphatic hydroxyl groups excluding tert-OH is 1. The van der Waals surface area contributed by atoms with E-state index < -0.39 is 41.6 Å². The first-order chi connectivity index (χ1) is 22.5. The SMILES string of the molecule is CCCCNC(=O)[C@@H](C[C@H](O)[C@H](C[C@H](CNC(=O)c1ccc(C(N)=O)cc1OCCCCOC)C(C)C)NC(=O)OC(C)(C)C)C(C)C. The fourth-order valence-electron chi connectivity index (χ4n) is 5.15. The topological polar surface area (TPSA) is 178 Å². The van der Waals surface area contributed by atoms with Gasteiger partial charge in [-0.25, -0.2) is 4.79 Å². The van der Waals surface area contributed by atoms with E-state index >= 15 is 0 Å². The number of carbonyl (C=O) groups excluding carboxylic acids is 4. The number of rotatable bonds is 22. The summed E-state index contributed by atoms with van der Waals surface area (Å²) >= 11 is 0. The van der Waals surface area contributed by atoms with Crippen LogP contribution in [0.2, 0.25) is 0 Å². The second kappa shape index (κ2) is 21.6. The summed E-state index contributed by atoms with van der Waals surface area (Å²) in [7, 11) is 1.62. The molecule has 0 saturated heterocycles. The van der Waals surface area contributed by atoms with Crippen LogP contribution in [0.1, 0.15) is 115 Å². The molecule has 1 rings (SSSR count). The number of nitrogens with two attached hydrogens (primary N) is 1. The van der Waals surface area contributed by atoms with E-state index in [1.54, 1.807) is 27.9 Å². The van der Waals surface area contributed by atoms with Crippen molar-refractivity contribution in [2.75, 3.05) is 33.4 Å². The van der Waals surface area contributed by atoms with Gasteiger partial charge in [0.1, 0.15) is 11.4 Å². The number of amides is 4. The fourth-order valence-corrected chi connectivity index (χ4v) is 5.15. The van der Waals surface area contributed by atoms with Crippen molar-refractivity contribution in [3.05, 3.63) is 29.3 Å². The first-order valence-electron chi connectivity index (χ1n) is 17.3. The van der Waals surface area contributed by atoms with E-state index in [4.69, 9.17) is 19.9 Å². The third kappa shape index (κ3) is 16.1. The molecule has 1 aromatic carbocycles. The van der Waals surface area contributed by atoms with Crippen LogP contribution in [-0.4, -0.2) is 80.1 Å². The molecule has 0 radical (unpaired) electrons. The molecule has 4 atom stereocenters. The lowest BCUT2D eigenvalue weighted by molar-refractivity contribution is -0.127. The average molecular weight is 679 g/mol. The van der Waals surface area contributed by atoms with Crippen LogP contribution in [0, 0.1) is 23.7 Å². The van der Waals surface area contributed by atoms with Crippen LogP contribution < -0.4 is 26.4 Å². The van der Waals surface area contributed by atoms with Crippen molar-refractivity contribution in [3.8, 4) is 5.75 Å². The molecule has 12 nitrogen and oxygen atoms in total. The number of aliphatic hydroxyl groups is 1. The lowest BCUT2D eigenvalue weighted by Crippen LogP contribution is -2.49. The van der Waals surface area contributed by atoms with Gasteiger partial charge in [0.25, 0.3) is 5.91 Å². The highest BCUT2D eigenvalue weighted by atomic mass is 16.6. The second-order valence-electron chi connectivity index (χ2n) is 14.1. The zero-order valence-corrected chi connectivity index (χ0v) is 30.6. The molecule has 0 heterocycles. The van der Waals surface area contributed by atoms with Gasteiger partial charge in [-0.1, -0.05) is 41.0 Å². The zero-order chi connectivity index (χ0) is 36.4. The number of carbonyl (C=O) groups is 4. The van der Waals surface area contributed by atoms with E-state index in [0.29, 0.717) is 32.6 Å². The molecule has 12 heteroatoms. The summed E-state index contributed by atoms with van der Waals surface area (Å²) in [5.74, 6) is -1.54. The third-order valence-electron chi connectivity index (χ3n) is 8.17. The summed E-state index contributed by atoms with van der Waals surface area (Å²) in [5, 5.41) is 20.3. The number of hydrogen-bond acceptors (Lipinski definition) is 8. The summed E-state index contributed by atoms with van der Waals surface area (Å²) in [5.41, 5.74) is 5.20. The van der Waals surface area contributed by atoms with Crippen LogP contribution in [0.4, 0.5) is 4.79 Å². The van der Waals surface area contributed by atoms with Gasteiger partial charge in [0, 0.05) is 38.3 Å². The summed E-state index contributed by atoms with van der Waals surface area (Å²) in [4.78, 5) is 51.2. The van der Waals surface area contributed by atoms with E-state index in [0.717, 1.165) is 19.3 Å². The number of ether oxygens (including phenoxy) is 3. The van der Waals surface area contributed by atoms with Crippen molar-refractivity contribution in [1.82, 2.24) is 16.0 Å². The largest absolute Gasteiger partial charge is 0.493 e. The Bertz CT molecular complexity index is 1150. The Kier molecular flexibility index (Phi) is 19.2. The number of alkyl carbamates (subject to hydrolysis) is 1. The Balaban J connectivity index is 3.20. The first kappa shape index (κ1) is 42.6. The maximum absolute atomic E-state index is 13.5. The van der Waals surface area contributed by atoms with Crippen LogP contribution in [0.15, 0.2) is 18.2 Å². The van der Waals surface area contributed by atoms with E-state index in [2.05, 4.69) is 22.9 Å². The van der Waals surface area contributed by atoms with Crippen LogP contribution in [-0.2, 0) is 14.3 Å². The molecule has 0 unspecified atom stereocenters. The van der Waals surface area contributed by atoms with E-state index in [9.17, 15) is 24.3 Å². The van der Waals surface area contributed by atoms with E-state index in [1.165, 1.54) is 18.2 Å². The van der Waals surface area contributed by atoms with Crippen molar-refractivity contribution in [2.24, 2.45) is 29.4 Å². The summed E-state index contributed by atoms with van der Waals surface area (Å²) < 4.78 is 16.5. The van der Waals surface area contributed by atoms with Crippen molar-refractivity contribution in [1.29, 1.82) is 0 Å². The highest BCUT2D eigenvalue weighted by Crippen LogP contribution is 2.26. The maximum Gasteiger partial charge on any atom is 0.407 e. The Morgan fingerprint density at radius 1 is 0.938 bits per heavy atom. The summed E-state index contributed by atoms with van der Waals surface area (Å²) in [6.45, 7) is 16.9. The molecule has 0 aliphatic rings. The normalized spacial score (nSPS) is 14.2. The summed E-state index contributed by atoms with van der Waals surface area (Å²) in [6.07, 6.45) is 2.00. The lowest BCUT2D eigenvalue weighted by atomic mass is 9.82. The summed E-state index contributed by atoms with van der Waals surface area (Å²) in [6, 6.07) is 3.71. The first-order valence-corrected chi connectivity index (χ1v) is 17.3. The minimum absolute atomic E-state index is 0.0408.